The van der Waals surface area contributed by atoms with Gasteiger partial charge in [0.05, 0.1) is 6.61 Å². The highest BCUT2D eigenvalue weighted by Gasteiger charge is 2.28. The van der Waals surface area contributed by atoms with E-state index in [2.05, 4.69) is 12.1 Å². The number of ether oxygens (including phenoxy) is 2. The second kappa shape index (κ2) is 9.96. The fourth-order valence-electron chi connectivity index (χ4n) is 3.70. The lowest BCUT2D eigenvalue weighted by molar-refractivity contribution is -0.139. The first-order valence-electron chi connectivity index (χ1n) is 10.0. The van der Waals surface area contributed by atoms with Gasteiger partial charge in [0.2, 0.25) is 0 Å². The minimum absolute atomic E-state index is 0.0311. The number of carboxylic acids is 1. The quantitative estimate of drug-likeness (QED) is 0.734. The SMILES string of the molecule is CCOc1cc(C(=O)N2CCCCC2Cc2ccccc2)ccc1OCC(=O)O. The number of piperidine rings is 1. The molecular formula is C23H27NO5. The summed E-state index contributed by atoms with van der Waals surface area (Å²) in [6.45, 7) is 2.49. The van der Waals surface area contributed by atoms with Crippen LogP contribution in [0.3, 0.4) is 0 Å². The summed E-state index contributed by atoms with van der Waals surface area (Å²) < 4.78 is 10.9. The number of carboxylic acid groups (broad SMARTS) is 1. The number of hydrogen-bond acceptors (Lipinski definition) is 4. The molecule has 1 saturated heterocycles. The Bertz CT molecular complexity index is 836. The first kappa shape index (κ1) is 20.7. The Hall–Kier alpha value is -3.02. The van der Waals surface area contributed by atoms with Crippen LogP contribution in [0.1, 0.15) is 42.1 Å². The summed E-state index contributed by atoms with van der Waals surface area (Å²) in [6, 6.07) is 15.3. The average Bonchev–Trinajstić information content (AvgIpc) is 2.73. The zero-order chi connectivity index (χ0) is 20.6. The summed E-state index contributed by atoms with van der Waals surface area (Å²) in [5.41, 5.74) is 1.75. The van der Waals surface area contributed by atoms with E-state index in [1.54, 1.807) is 18.2 Å². The van der Waals surface area contributed by atoms with E-state index in [4.69, 9.17) is 14.6 Å². The minimum Gasteiger partial charge on any atom is -0.490 e. The number of rotatable bonds is 8. The Kier molecular flexibility index (Phi) is 7.11. The van der Waals surface area contributed by atoms with Crippen LogP contribution in [0.15, 0.2) is 48.5 Å². The second-order valence-corrected chi connectivity index (χ2v) is 7.11. The van der Waals surface area contributed by atoms with Gasteiger partial charge in [0, 0.05) is 18.2 Å². The van der Waals surface area contributed by atoms with Gasteiger partial charge < -0.3 is 19.5 Å². The molecule has 1 N–H and O–H groups in total. The molecule has 0 bridgehead atoms. The van der Waals surface area contributed by atoms with Gasteiger partial charge in [-0.2, -0.15) is 0 Å². The lowest BCUT2D eigenvalue weighted by Crippen LogP contribution is -2.44. The number of carbonyl (C=O) groups is 2. The fraction of sp³-hybridized carbons (Fsp3) is 0.391. The van der Waals surface area contributed by atoms with Crippen LogP contribution in [0.5, 0.6) is 11.5 Å². The Morgan fingerprint density at radius 2 is 1.86 bits per heavy atom. The van der Waals surface area contributed by atoms with Crippen molar-refractivity contribution in [3.8, 4) is 11.5 Å². The van der Waals surface area contributed by atoms with E-state index in [0.717, 1.165) is 32.2 Å². The van der Waals surface area contributed by atoms with Gasteiger partial charge in [-0.05, 0) is 56.4 Å². The van der Waals surface area contributed by atoms with E-state index in [-0.39, 0.29) is 11.9 Å². The minimum atomic E-state index is -1.07. The molecule has 2 aromatic carbocycles. The molecule has 154 valence electrons. The lowest BCUT2D eigenvalue weighted by Gasteiger charge is -2.36. The molecule has 6 nitrogen and oxygen atoms in total. The maximum atomic E-state index is 13.3. The molecule has 0 radical (unpaired) electrons. The van der Waals surface area contributed by atoms with E-state index >= 15 is 0 Å². The molecule has 29 heavy (non-hydrogen) atoms. The van der Waals surface area contributed by atoms with Crippen molar-refractivity contribution >= 4 is 11.9 Å². The first-order chi connectivity index (χ1) is 14.1. The van der Waals surface area contributed by atoms with Gasteiger partial charge in [0.15, 0.2) is 18.1 Å². The van der Waals surface area contributed by atoms with Crippen molar-refractivity contribution in [2.45, 2.75) is 38.6 Å². The molecule has 1 aliphatic heterocycles. The van der Waals surface area contributed by atoms with Gasteiger partial charge in [0.25, 0.3) is 5.91 Å². The molecule has 6 heteroatoms. The van der Waals surface area contributed by atoms with Crippen molar-refractivity contribution in [2.24, 2.45) is 0 Å². The number of aliphatic carboxylic acids is 1. The monoisotopic (exact) mass is 397 g/mol. The van der Waals surface area contributed by atoms with Crippen molar-refractivity contribution in [1.29, 1.82) is 0 Å². The zero-order valence-corrected chi connectivity index (χ0v) is 16.7. The molecule has 3 rings (SSSR count). The fourth-order valence-corrected chi connectivity index (χ4v) is 3.70. The summed E-state index contributed by atoms with van der Waals surface area (Å²) in [6.07, 6.45) is 3.94. The Balaban J connectivity index is 1.79. The molecular weight excluding hydrogens is 370 g/mol. The molecule has 1 atom stereocenters. The van der Waals surface area contributed by atoms with E-state index in [9.17, 15) is 9.59 Å². The molecule has 1 heterocycles. The van der Waals surface area contributed by atoms with Gasteiger partial charge in [0.1, 0.15) is 0 Å². The van der Waals surface area contributed by atoms with Crippen LogP contribution in [0, 0.1) is 0 Å². The van der Waals surface area contributed by atoms with E-state index in [0.29, 0.717) is 23.7 Å². The summed E-state index contributed by atoms with van der Waals surface area (Å²) in [5.74, 6) is -0.387. The van der Waals surface area contributed by atoms with Crippen molar-refractivity contribution < 1.29 is 24.2 Å². The summed E-state index contributed by atoms with van der Waals surface area (Å²) in [5, 5.41) is 8.83. The maximum Gasteiger partial charge on any atom is 0.341 e. The van der Waals surface area contributed by atoms with Gasteiger partial charge in [-0.15, -0.1) is 0 Å². The molecule has 0 spiro atoms. The number of carbonyl (C=O) groups excluding carboxylic acids is 1. The van der Waals surface area contributed by atoms with Crippen LogP contribution in [-0.4, -0.2) is 47.7 Å². The maximum absolute atomic E-state index is 13.3. The van der Waals surface area contributed by atoms with Crippen LogP contribution in [-0.2, 0) is 11.2 Å². The molecule has 0 saturated carbocycles. The summed E-state index contributed by atoms with van der Waals surface area (Å²) in [7, 11) is 0. The van der Waals surface area contributed by atoms with Gasteiger partial charge in [-0.1, -0.05) is 30.3 Å². The standard InChI is InChI=1S/C23H27NO5/c1-2-28-21-15-18(11-12-20(21)29-16-22(25)26)23(27)24-13-7-6-10-19(24)14-17-8-4-3-5-9-17/h3-5,8-9,11-12,15,19H,2,6-7,10,13-14,16H2,1H3,(H,25,26). The van der Waals surface area contributed by atoms with Crippen LogP contribution >= 0.6 is 0 Å². The molecule has 1 unspecified atom stereocenters. The van der Waals surface area contributed by atoms with E-state index < -0.39 is 12.6 Å². The van der Waals surface area contributed by atoms with E-state index in [1.165, 1.54) is 5.56 Å². The number of hydrogen-bond donors (Lipinski definition) is 1. The highest BCUT2D eigenvalue weighted by Crippen LogP contribution is 2.30. The Labute approximate surface area is 171 Å². The van der Waals surface area contributed by atoms with Gasteiger partial charge in [-0.3, -0.25) is 4.79 Å². The molecule has 0 aliphatic carbocycles. The normalized spacial score (nSPS) is 16.3. The molecule has 1 amide bonds. The topological polar surface area (TPSA) is 76.1 Å². The first-order valence-corrected chi connectivity index (χ1v) is 10.0. The highest BCUT2D eigenvalue weighted by atomic mass is 16.5. The Morgan fingerprint density at radius 1 is 1.07 bits per heavy atom. The van der Waals surface area contributed by atoms with Gasteiger partial charge >= 0.3 is 5.97 Å². The van der Waals surface area contributed by atoms with Crippen LogP contribution in [0.25, 0.3) is 0 Å². The summed E-state index contributed by atoms with van der Waals surface area (Å²) >= 11 is 0. The van der Waals surface area contributed by atoms with Crippen molar-refractivity contribution in [3.05, 3.63) is 59.7 Å². The number of likely N-dealkylation sites (tertiary alicyclic amines) is 1. The largest absolute Gasteiger partial charge is 0.490 e. The molecule has 2 aromatic rings. The smallest absolute Gasteiger partial charge is 0.341 e. The zero-order valence-electron chi connectivity index (χ0n) is 16.7. The second-order valence-electron chi connectivity index (χ2n) is 7.11. The van der Waals surface area contributed by atoms with Crippen LogP contribution in [0.2, 0.25) is 0 Å². The van der Waals surface area contributed by atoms with Crippen LogP contribution < -0.4 is 9.47 Å². The van der Waals surface area contributed by atoms with Crippen molar-refractivity contribution in [3.63, 3.8) is 0 Å². The van der Waals surface area contributed by atoms with Crippen molar-refractivity contribution in [2.75, 3.05) is 19.8 Å². The number of amides is 1. The number of benzene rings is 2. The highest BCUT2D eigenvalue weighted by molar-refractivity contribution is 5.95. The lowest BCUT2D eigenvalue weighted by atomic mass is 9.95. The molecule has 1 fully saturated rings. The predicted molar refractivity (Wildman–Crippen MR) is 110 cm³/mol. The predicted octanol–water partition coefficient (Wildman–Crippen LogP) is 3.79. The molecule has 1 aliphatic rings. The van der Waals surface area contributed by atoms with Crippen LogP contribution in [0.4, 0.5) is 0 Å². The third kappa shape index (κ3) is 5.50. The molecule has 0 aromatic heterocycles. The Morgan fingerprint density at radius 3 is 2.59 bits per heavy atom. The van der Waals surface area contributed by atoms with E-state index in [1.807, 2.05) is 30.0 Å². The third-order valence-electron chi connectivity index (χ3n) is 5.04. The van der Waals surface area contributed by atoms with Gasteiger partial charge in [-0.25, -0.2) is 4.79 Å². The number of nitrogens with zero attached hydrogens (tertiary/aromatic N) is 1. The van der Waals surface area contributed by atoms with Crippen molar-refractivity contribution in [1.82, 2.24) is 4.90 Å². The third-order valence-corrected chi connectivity index (χ3v) is 5.04. The summed E-state index contributed by atoms with van der Waals surface area (Å²) in [4.78, 5) is 26.0. The average molecular weight is 397 g/mol.